The maximum Gasteiger partial charge on any atom is 0.183 e. The van der Waals surface area contributed by atoms with Crippen LogP contribution in [0.25, 0.3) is 28.1 Å². The average molecular weight is 425 g/mol. The molecule has 0 bridgehead atoms. The second kappa shape index (κ2) is 7.98. The first-order valence-corrected chi connectivity index (χ1v) is 10.8. The average Bonchev–Trinajstić information content (AvgIpc) is 3.29. The van der Waals surface area contributed by atoms with E-state index < -0.39 is 0 Å². The summed E-state index contributed by atoms with van der Waals surface area (Å²) < 4.78 is 9.52. The standard InChI is InChI=1S/C22H25ClN6O/c1-15-16(2)28(9-5-8-27-10-12-30-13-11-27)21-19(15)22-25-20(26-29(22)14-24-21)17-6-3-4-7-18(17)23/h3-4,6-7,14H,5,8-13H2,1-2H3. The molecular weight excluding hydrogens is 400 g/mol. The smallest absolute Gasteiger partial charge is 0.183 e. The molecule has 0 saturated carbocycles. The van der Waals surface area contributed by atoms with Crippen LogP contribution in [-0.2, 0) is 11.3 Å². The van der Waals surface area contributed by atoms with E-state index in [-0.39, 0.29) is 0 Å². The maximum atomic E-state index is 6.37. The third-order valence-electron chi connectivity index (χ3n) is 6.02. The van der Waals surface area contributed by atoms with Gasteiger partial charge < -0.3 is 9.30 Å². The van der Waals surface area contributed by atoms with Gasteiger partial charge in [-0.15, -0.1) is 5.10 Å². The van der Waals surface area contributed by atoms with Crippen LogP contribution in [0.5, 0.6) is 0 Å². The first kappa shape index (κ1) is 19.5. The van der Waals surface area contributed by atoms with Crippen molar-refractivity contribution in [3.63, 3.8) is 0 Å². The molecule has 30 heavy (non-hydrogen) atoms. The van der Waals surface area contributed by atoms with E-state index in [1.165, 1.54) is 11.3 Å². The second-order valence-electron chi connectivity index (χ2n) is 7.80. The summed E-state index contributed by atoms with van der Waals surface area (Å²) in [5, 5.41) is 6.33. The minimum absolute atomic E-state index is 0.618. The van der Waals surface area contributed by atoms with E-state index >= 15 is 0 Å². The summed E-state index contributed by atoms with van der Waals surface area (Å²) >= 11 is 6.37. The SMILES string of the molecule is Cc1c(C)n(CCCN2CCOCC2)c2ncn3nc(-c4ccccc4Cl)nc3c12. The molecule has 1 saturated heterocycles. The molecule has 3 aromatic heterocycles. The highest BCUT2D eigenvalue weighted by Gasteiger charge is 2.19. The fraction of sp³-hybridized carbons (Fsp3) is 0.409. The predicted octanol–water partition coefficient (Wildman–Crippen LogP) is 3.74. The molecule has 0 atom stereocenters. The first-order valence-electron chi connectivity index (χ1n) is 10.4. The van der Waals surface area contributed by atoms with Crippen LogP contribution in [-0.4, -0.2) is 61.9 Å². The van der Waals surface area contributed by atoms with Crippen molar-refractivity contribution in [2.45, 2.75) is 26.8 Å². The highest BCUT2D eigenvalue weighted by Crippen LogP contribution is 2.30. The number of benzene rings is 1. The molecule has 0 amide bonds. The van der Waals surface area contributed by atoms with Crippen LogP contribution >= 0.6 is 11.6 Å². The Labute approximate surface area is 180 Å². The fourth-order valence-electron chi connectivity index (χ4n) is 4.24. The van der Waals surface area contributed by atoms with E-state index in [0.29, 0.717) is 10.8 Å². The zero-order valence-electron chi connectivity index (χ0n) is 17.3. The van der Waals surface area contributed by atoms with Crippen LogP contribution in [0, 0.1) is 13.8 Å². The van der Waals surface area contributed by atoms with Gasteiger partial charge in [0.25, 0.3) is 0 Å². The van der Waals surface area contributed by atoms with Gasteiger partial charge in [0, 0.05) is 37.4 Å². The summed E-state index contributed by atoms with van der Waals surface area (Å²) in [4.78, 5) is 12.0. The number of halogens is 1. The number of aryl methyl sites for hydroxylation is 2. The molecule has 0 unspecified atom stereocenters. The van der Waals surface area contributed by atoms with E-state index in [1.807, 2.05) is 24.3 Å². The van der Waals surface area contributed by atoms with Crippen molar-refractivity contribution in [1.82, 2.24) is 29.0 Å². The van der Waals surface area contributed by atoms with Crippen molar-refractivity contribution in [2.75, 3.05) is 32.8 Å². The summed E-state index contributed by atoms with van der Waals surface area (Å²) in [5.41, 5.74) is 5.05. The minimum atomic E-state index is 0.618. The third kappa shape index (κ3) is 3.37. The molecule has 156 valence electrons. The Morgan fingerprint density at radius 2 is 1.87 bits per heavy atom. The van der Waals surface area contributed by atoms with Crippen molar-refractivity contribution in [2.24, 2.45) is 0 Å². The largest absolute Gasteiger partial charge is 0.379 e. The van der Waals surface area contributed by atoms with E-state index in [1.54, 1.807) is 10.8 Å². The molecule has 8 heteroatoms. The van der Waals surface area contributed by atoms with Gasteiger partial charge in [0.15, 0.2) is 11.5 Å². The second-order valence-corrected chi connectivity index (χ2v) is 8.20. The minimum Gasteiger partial charge on any atom is -0.379 e. The zero-order chi connectivity index (χ0) is 20.7. The molecule has 0 spiro atoms. The maximum absolute atomic E-state index is 6.37. The Morgan fingerprint density at radius 1 is 1.07 bits per heavy atom. The van der Waals surface area contributed by atoms with Crippen LogP contribution in [0.4, 0.5) is 0 Å². The van der Waals surface area contributed by atoms with Crippen LogP contribution in [0.2, 0.25) is 5.02 Å². The highest BCUT2D eigenvalue weighted by molar-refractivity contribution is 6.33. The summed E-state index contributed by atoms with van der Waals surface area (Å²) in [5.74, 6) is 0.618. The van der Waals surface area contributed by atoms with Crippen LogP contribution < -0.4 is 0 Å². The van der Waals surface area contributed by atoms with Gasteiger partial charge in [0.1, 0.15) is 12.0 Å². The van der Waals surface area contributed by atoms with E-state index in [4.69, 9.17) is 26.3 Å². The molecule has 1 fully saturated rings. The lowest BCUT2D eigenvalue weighted by Gasteiger charge is -2.26. The molecule has 0 N–H and O–H groups in total. The number of nitrogens with zero attached hydrogens (tertiary/aromatic N) is 6. The quantitative estimate of drug-likeness (QED) is 0.488. The van der Waals surface area contributed by atoms with Gasteiger partial charge in [0.2, 0.25) is 0 Å². The summed E-state index contributed by atoms with van der Waals surface area (Å²) in [6.07, 6.45) is 2.83. The molecule has 4 heterocycles. The van der Waals surface area contributed by atoms with Gasteiger partial charge in [-0.1, -0.05) is 23.7 Å². The van der Waals surface area contributed by atoms with Crippen LogP contribution in [0.15, 0.2) is 30.6 Å². The topological polar surface area (TPSA) is 60.5 Å². The molecule has 1 aromatic carbocycles. The van der Waals surface area contributed by atoms with Crippen LogP contribution in [0.3, 0.4) is 0 Å². The number of morpholine rings is 1. The normalized spacial score (nSPS) is 15.4. The van der Waals surface area contributed by atoms with Gasteiger partial charge in [-0.3, -0.25) is 4.90 Å². The monoisotopic (exact) mass is 424 g/mol. The van der Waals surface area contributed by atoms with Gasteiger partial charge >= 0.3 is 0 Å². The Bertz CT molecular complexity index is 1210. The fourth-order valence-corrected chi connectivity index (χ4v) is 4.46. The molecule has 5 rings (SSSR count). The Balaban J connectivity index is 1.50. The third-order valence-corrected chi connectivity index (χ3v) is 6.35. The van der Waals surface area contributed by atoms with E-state index in [0.717, 1.165) is 68.1 Å². The zero-order valence-corrected chi connectivity index (χ0v) is 18.1. The summed E-state index contributed by atoms with van der Waals surface area (Å²) in [6.45, 7) is 10.0. The lowest BCUT2D eigenvalue weighted by Crippen LogP contribution is -2.37. The van der Waals surface area contributed by atoms with E-state index in [9.17, 15) is 0 Å². The van der Waals surface area contributed by atoms with Gasteiger partial charge in [-0.2, -0.15) is 0 Å². The number of hydrogen-bond donors (Lipinski definition) is 0. The Kier molecular flexibility index (Phi) is 5.18. The van der Waals surface area contributed by atoms with Gasteiger partial charge in [-0.25, -0.2) is 14.5 Å². The molecule has 7 nitrogen and oxygen atoms in total. The summed E-state index contributed by atoms with van der Waals surface area (Å²) in [7, 11) is 0. The molecule has 1 aliphatic rings. The van der Waals surface area contributed by atoms with E-state index in [2.05, 4.69) is 28.4 Å². The number of hydrogen-bond acceptors (Lipinski definition) is 5. The number of aromatic nitrogens is 5. The van der Waals surface area contributed by atoms with Crippen molar-refractivity contribution in [3.05, 3.63) is 46.9 Å². The van der Waals surface area contributed by atoms with Crippen molar-refractivity contribution >= 4 is 28.3 Å². The Hall–Kier alpha value is -2.48. The molecule has 0 radical (unpaired) electrons. The van der Waals surface area contributed by atoms with Crippen molar-refractivity contribution < 1.29 is 4.74 Å². The molecule has 4 aromatic rings. The van der Waals surface area contributed by atoms with Gasteiger partial charge in [0.05, 0.1) is 23.6 Å². The summed E-state index contributed by atoms with van der Waals surface area (Å²) in [6, 6.07) is 7.65. The van der Waals surface area contributed by atoms with Crippen molar-refractivity contribution in [3.8, 4) is 11.4 Å². The highest BCUT2D eigenvalue weighted by atomic mass is 35.5. The number of ether oxygens (including phenoxy) is 1. The Morgan fingerprint density at radius 3 is 2.67 bits per heavy atom. The lowest BCUT2D eigenvalue weighted by atomic mass is 10.2. The molecular formula is C22H25ClN6O. The molecule has 1 aliphatic heterocycles. The predicted molar refractivity (Wildman–Crippen MR) is 118 cm³/mol. The van der Waals surface area contributed by atoms with Crippen molar-refractivity contribution in [1.29, 1.82) is 0 Å². The molecule has 0 aliphatic carbocycles. The number of fused-ring (bicyclic) bond motifs is 3. The van der Waals surface area contributed by atoms with Gasteiger partial charge in [-0.05, 0) is 38.0 Å². The first-order chi connectivity index (χ1) is 14.6. The number of rotatable bonds is 5. The van der Waals surface area contributed by atoms with Crippen LogP contribution in [0.1, 0.15) is 17.7 Å². The lowest BCUT2D eigenvalue weighted by molar-refractivity contribution is 0.0369.